The second-order valence-corrected chi connectivity index (χ2v) is 10.1. The highest BCUT2D eigenvalue weighted by atomic mass is 35.5. The molecule has 0 spiro atoms. The fraction of sp³-hybridized carbons (Fsp3) is 0.318. The monoisotopic (exact) mass is 555 g/mol. The molecule has 0 aliphatic heterocycles. The van der Waals surface area contributed by atoms with E-state index in [1.807, 2.05) is 5.32 Å². The van der Waals surface area contributed by atoms with Crippen LogP contribution >= 0.6 is 34.8 Å². The maximum atomic E-state index is 14.8. The zero-order valence-corrected chi connectivity index (χ0v) is 20.6. The van der Waals surface area contributed by atoms with Crippen molar-refractivity contribution in [2.45, 2.75) is 43.4 Å². The number of rotatable bonds is 9. The number of nitrogens with one attached hydrogen (secondary N) is 3. The number of hydrogen-bond donors (Lipinski definition) is 3. The summed E-state index contributed by atoms with van der Waals surface area (Å²) in [5.41, 5.74) is -1.42. The molecule has 0 saturated carbocycles. The van der Waals surface area contributed by atoms with Crippen molar-refractivity contribution in [3.8, 4) is 0 Å². The minimum Gasteiger partial charge on any atom is -0.326 e. The van der Waals surface area contributed by atoms with E-state index < -0.39 is 63.8 Å². The first-order valence-electron chi connectivity index (χ1n) is 10.00. The van der Waals surface area contributed by atoms with Crippen LogP contribution in [0.5, 0.6) is 0 Å². The van der Waals surface area contributed by atoms with E-state index >= 15 is 0 Å². The third kappa shape index (κ3) is 9.19. The van der Waals surface area contributed by atoms with E-state index in [0.717, 1.165) is 12.1 Å². The first kappa shape index (κ1) is 28.7. The highest BCUT2D eigenvalue weighted by molar-refractivity contribution is 6.49. The number of halogens is 7. The molecule has 0 saturated heterocycles. The van der Waals surface area contributed by atoms with Crippen LogP contribution in [-0.2, 0) is 9.59 Å². The molecule has 35 heavy (non-hydrogen) atoms. The van der Waals surface area contributed by atoms with E-state index in [1.54, 1.807) is 0 Å². The zero-order chi connectivity index (χ0) is 26.6. The lowest BCUT2D eigenvalue weighted by molar-refractivity contribution is -0.118. The average Bonchev–Trinajstić information content (AvgIpc) is 2.71. The molecule has 13 heteroatoms. The van der Waals surface area contributed by atoms with Crippen molar-refractivity contribution in [3.05, 3.63) is 52.6 Å². The molecule has 0 aliphatic carbocycles. The van der Waals surface area contributed by atoms with E-state index in [4.69, 9.17) is 34.8 Å². The van der Waals surface area contributed by atoms with E-state index in [9.17, 15) is 31.9 Å². The Morgan fingerprint density at radius 3 is 2.20 bits per heavy atom. The van der Waals surface area contributed by atoms with Crippen LogP contribution in [0.25, 0.3) is 0 Å². The Morgan fingerprint density at radius 2 is 1.60 bits per heavy atom. The smallest absolute Gasteiger partial charge is 0.257 e. The van der Waals surface area contributed by atoms with Crippen molar-refractivity contribution >= 4 is 69.6 Å². The molecule has 0 atom stereocenters. The van der Waals surface area contributed by atoms with E-state index in [1.165, 1.54) is 25.1 Å². The van der Waals surface area contributed by atoms with Gasteiger partial charge in [-0.2, -0.15) is 0 Å². The first-order valence-corrected chi connectivity index (χ1v) is 11.1. The van der Waals surface area contributed by atoms with Crippen molar-refractivity contribution in [3.63, 3.8) is 0 Å². The Kier molecular flexibility index (Phi) is 9.38. The van der Waals surface area contributed by atoms with Gasteiger partial charge in [0.05, 0.1) is 22.7 Å². The lowest BCUT2D eigenvalue weighted by Crippen LogP contribution is -2.21. The standard InChI is InChI=1S/C22H20Cl3F4N3O3/c1-21(24,25)10-17(34)30-11-3-4-13(23)12(9-11)20(35)31-15-6-5-14(26)19(18(15)27)32-16(33)7-8-22(2,28)29/h3-6,9H,7-8,10H2,1-2H3,(H,30,34)(H,31,35)(H,32,33). The molecule has 190 valence electrons. The molecular weight excluding hydrogens is 537 g/mol. The molecule has 0 unspecified atom stereocenters. The predicted molar refractivity (Wildman–Crippen MR) is 128 cm³/mol. The second-order valence-electron chi connectivity index (χ2n) is 7.85. The molecule has 2 aromatic carbocycles. The molecule has 0 heterocycles. The zero-order valence-electron chi connectivity index (χ0n) is 18.4. The Hall–Kier alpha value is -2.56. The van der Waals surface area contributed by atoms with Gasteiger partial charge in [0.1, 0.15) is 15.8 Å². The summed E-state index contributed by atoms with van der Waals surface area (Å²) in [5, 5.41) is 6.53. The highest BCUT2D eigenvalue weighted by Crippen LogP contribution is 2.29. The largest absolute Gasteiger partial charge is 0.326 e. The van der Waals surface area contributed by atoms with Crippen LogP contribution < -0.4 is 16.0 Å². The van der Waals surface area contributed by atoms with Crippen LogP contribution in [0.15, 0.2) is 30.3 Å². The van der Waals surface area contributed by atoms with Gasteiger partial charge in [-0.3, -0.25) is 14.4 Å². The number of amides is 3. The lowest BCUT2D eigenvalue weighted by atomic mass is 10.1. The molecule has 2 rings (SSSR count). The maximum absolute atomic E-state index is 14.8. The van der Waals surface area contributed by atoms with Crippen LogP contribution in [0, 0.1) is 11.6 Å². The van der Waals surface area contributed by atoms with Crippen molar-refractivity contribution in [1.82, 2.24) is 0 Å². The van der Waals surface area contributed by atoms with Gasteiger partial charge in [-0.15, -0.1) is 23.2 Å². The van der Waals surface area contributed by atoms with E-state index in [-0.39, 0.29) is 22.7 Å². The van der Waals surface area contributed by atoms with E-state index in [0.29, 0.717) is 6.92 Å². The normalized spacial score (nSPS) is 11.7. The SMILES string of the molecule is CC(F)(F)CCC(=O)Nc1c(F)ccc(NC(=O)c2cc(NC(=O)CC(C)(Cl)Cl)ccc2Cl)c1F. The summed E-state index contributed by atoms with van der Waals surface area (Å²) in [5.74, 6) is -8.14. The third-order valence-electron chi connectivity index (χ3n) is 4.36. The van der Waals surface area contributed by atoms with Crippen LogP contribution in [0.2, 0.25) is 5.02 Å². The first-order chi connectivity index (χ1) is 16.1. The summed E-state index contributed by atoms with van der Waals surface area (Å²) in [6.07, 6.45) is -1.75. The van der Waals surface area contributed by atoms with Gasteiger partial charge in [0.25, 0.3) is 5.91 Å². The van der Waals surface area contributed by atoms with Gasteiger partial charge in [-0.25, -0.2) is 17.6 Å². The summed E-state index contributed by atoms with van der Waals surface area (Å²) in [7, 11) is 0. The summed E-state index contributed by atoms with van der Waals surface area (Å²) in [6.45, 7) is 2.03. The third-order valence-corrected chi connectivity index (χ3v) is 4.96. The van der Waals surface area contributed by atoms with Gasteiger partial charge < -0.3 is 16.0 Å². The molecule has 2 aromatic rings. The molecule has 0 bridgehead atoms. The van der Waals surface area contributed by atoms with Gasteiger partial charge in [0.2, 0.25) is 17.7 Å². The molecular formula is C22H20Cl3F4N3O3. The Morgan fingerprint density at radius 1 is 0.943 bits per heavy atom. The van der Waals surface area contributed by atoms with Crippen LogP contribution in [0.4, 0.5) is 34.6 Å². The lowest BCUT2D eigenvalue weighted by Gasteiger charge is -2.15. The molecule has 0 radical (unpaired) electrons. The molecule has 3 N–H and O–H groups in total. The molecule has 6 nitrogen and oxygen atoms in total. The van der Waals surface area contributed by atoms with Gasteiger partial charge in [0, 0.05) is 18.5 Å². The van der Waals surface area contributed by atoms with Crippen LogP contribution in [0.3, 0.4) is 0 Å². The number of anilines is 3. The van der Waals surface area contributed by atoms with Crippen LogP contribution in [0.1, 0.15) is 43.5 Å². The highest BCUT2D eigenvalue weighted by Gasteiger charge is 2.25. The predicted octanol–water partition coefficient (Wildman–Crippen LogP) is 6.77. The Labute approximate surface area is 213 Å². The van der Waals surface area contributed by atoms with Crippen LogP contribution in [-0.4, -0.2) is 28.0 Å². The maximum Gasteiger partial charge on any atom is 0.257 e. The minimum absolute atomic E-state index is 0.0448. The fourth-order valence-corrected chi connectivity index (χ4v) is 3.20. The fourth-order valence-electron chi connectivity index (χ4n) is 2.75. The molecule has 0 fully saturated rings. The van der Waals surface area contributed by atoms with Crippen molar-refractivity contribution in [1.29, 1.82) is 0 Å². The number of carbonyl (C=O) groups excluding carboxylic acids is 3. The summed E-state index contributed by atoms with van der Waals surface area (Å²) in [4.78, 5) is 36.6. The quantitative estimate of drug-likeness (QED) is 0.235. The van der Waals surface area contributed by atoms with Gasteiger partial charge in [-0.05, 0) is 44.2 Å². The summed E-state index contributed by atoms with van der Waals surface area (Å²) >= 11 is 17.6. The van der Waals surface area contributed by atoms with Gasteiger partial charge in [0.15, 0.2) is 5.82 Å². The summed E-state index contributed by atoms with van der Waals surface area (Å²) < 4.78 is 53.4. The summed E-state index contributed by atoms with van der Waals surface area (Å²) in [6, 6.07) is 5.60. The van der Waals surface area contributed by atoms with Crippen molar-refractivity contribution in [2.24, 2.45) is 0 Å². The van der Waals surface area contributed by atoms with Gasteiger partial charge in [-0.1, -0.05) is 11.6 Å². The van der Waals surface area contributed by atoms with Crippen molar-refractivity contribution in [2.75, 3.05) is 16.0 Å². The van der Waals surface area contributed by atoms with E-state index in [2.05, 4.69) is 10.6 Å². The Balaban J connectivity index is 2.20. The molecule has 0 aromatic heterocycles. The number of hydrogen-bond acceptors (Lipinski definition) is 3. The second kappa shape index (κ2) is 11.5. The minimum atomic E-state index is -3.13. The Bertz CT molecular complexity index is 1140. The number of carbonyl (C=O) groups is 3. The number of alkyl halides is 4. The number of benzene rings is 2. The molecule has 0 aliphatic rings. The molecule has 3 amide bonds. The van der Waals surface area contributed by atoms with Gasteiger partial charge >= 0.3 is 0 Å². The average molecular weight is 557 g/mol. The van der Waals surface area contributed by atoms with Crippen molar-refractivity contribution < 1.29 is 31.9 Å². The topological polar surface area (TPSA) is 87.3 Å².